The molecule has 0 unspecified atom stereocenters. The molecular weight excluding hydrogens is 598 g/mol. The Morgan fingerprint density at radius 1 is 1.05 bits per heavy atom. The predicted molar refractivity (Wildman–Crippen MR) is 171 cm³/mol. The molecular formula is C32H40ClN7O3S. The average Bonchev–Trinajstić information content (AvgIpc) is 3.21. The molecule has 3 aromatic rings. The number of anilines is 2. The molecule has 10 nitrogen and oxygen atoms in total. The van der Waals surface area contributed by atoms with Crippen molar-refractivity contribution in [1.29, 1.82) is 0 Å². The summed E-state index contributed by atoms with van der Waals surface area (Å²) in [5.41, 5.74) is 0.706. The first-order valence-electron chi connectivity index (χ1n) is 15.1. The third-order valence-corrected chi connectivity index (χ3v) is 10.4. The molecule has 2 aliphatic heterocycles. The van der Waals surface area contributed by atoms with Gasteiger partial charge in [0.1, 0.15) is 22.3 Å². The fourth-order valence-electron chi connectivity index (χ4n) is 6.38. The van der Waals surface area contributed by atoms with Crippen LogP contribution in [0.2, 0.25) is 5.02 Å². The normalized spacial score (nSPS) is 19.9. The molecule has 6 rings (SSSR count). The fourth-order valence-corrected chi connectivity index (χ4v) is 7.47. The van der Waals surface area contributed by atoms with Crippen LogP contribution in [0.5, 0.6) is 0 Å². The molecule has 1 spiro atoms. The first-order chi connectivity index (χ1) is 20.8. The number of rotatable bonds is 6. The van der Waals surface area contributed by atoms with Crippen LogP contribution < -0.4 is 15.1 Å². The SMILES string of the molecule is CC(C)(C)OC(=O)N[C@@H]1c2cccnc2CC12CCN(c1cnc(Sc3ccnc(N4CC(C(C)(C)O)C4)c3Cl)cn1)CC2. The molecule has 3 aliphatic rings. The number of carbonyl (C=O) groups excluding carboxylic acids is 1. The Bertz CT molecular complexity index is 1510. The molecule has 44 heavy (non-hydrogen) atoms. The summed E-state index contributed by atoms with van der Waals surface area (Å²) in [4.78, 5) is 36.7. The van der Waals surface area contributed by atoms with E-state index in [0.29, 0.717) is 5.02 Å². The Morgan fingerprint density at radius 2 is 1.80 bits per heavy atom. The molecule has 0 saturated carbocycles. The number of aliphatic hydroxyl groups is 1. The third-order valence-electron chi connectivity index (χ3n) is 8.96. The van der Waals surface area contributed by atoms with Crippen LogP contribution in [-0.4, -0.2) is 68.5 Å². The van der Waals surface area contributed by atoms with Crippen LogP contribution in [0.15, 0.2) is 52.9 Å². The summed E-state index contributed by atoms with van der Waals surface area (Å²) in [6, 6.07) is 5.74. The standard InChI is InChI=1S/C32H40ClN7O3S/c1-30(2,3)43-29(41)38-27-21-7-6-11-34-22(21)15-32(27)9-13-39(14-10-32)24-16-37-25(17-36-24)44-23-8-12-35-28(26(23)33)40-18-20(19-40)31(4,5)42/h6-8,11-12,16-17,20,27,42H,9-10,13-15,18-19H2,1-5H3,(H,38,41)/t27-/m1/s1. The molecule has 1 amide bonds. The van der Waals surface area contributed by atoms with E-state index >= 15 is 0 Å². The van der Waals surface area contributed by atoms with Crippen molar-refractivity contribution in [2.75, 3.05) is 36.0 Å². The Labute approximate surface area is 268 Å². The second-order valence-corrected chi connectivity index (χ2v) is 15.1. The molecule has 1 atom stereocenters. The van der Waals surface area contributed by atoms with Crippen LogP contribution in [0.25, 0.3) is 0 Å². The minimum Gasteiger partial charge on any atom is -0.444 e. The Kier molecular flexibility index (Phi) is 8.17. The van der Waals surface area contributed by atoms with Crippen LogP contribution in [-0.2, 0) is 11.2 Å². The fraction of sp³-hybridized carbons (Fsp3) is 0.531. The summed E-state index contributed by atoms with van der Waals surface area (Å²) in [5.74, 6) is 1.74. The number of alkyl carbamates (subject to hydrolysis) is 1. The van der Waals surface area contributed by atoms with Gasteiger partial charge in [0.25, 0.3) is 0 Å². The lowest BCUT2D eigenvalue weighted by Crippen LogP contribution is -2.56. The zero-order valence-electron chi connectivity index (χ0n) is 25.9. The van der Waals surface area contributed by atoms with E-state index in [-0.39, 0.29) is 17.4 Å². The number of hydrogen-bond donors (Lipinski definition) is 2. The molecule has 1 aliphatic carbocycles. The Morgan fingerprint density at radius 3 is 2.45 bits per heavy atom. The number of ether oxygens (including phenoxy) is 1. The lowest BCUT2D eigenvalue weighted by Gasteiger charge is -2.46. The van der Waals surface area contributed by atoms with Crippen LogP contribution in [0.1, 0.15) is 64.8 Å². The van der Waals surface area contributed by atoms with Crippen molar-refractivity contribution < 1.29 is 14.6 Å². The number of aromatic nitrogens is 4. The maximum atomic E-state index is 12.8. The van der Waals surface area contributed by atoms with Gasteiger partial charge >= 0.3 is 6.09 Å². The number of carbonyl (C=O) groups is 1. The van der Waals surface area contributed by atoms with Crippen molar-refractivity contribution in [2.45, 2.75) is 81.0 Å². The van der Waals surface area contributed by atoms with Gasteiger partial charge in [0.05, 0.1) is 29.1 Å². The van der Waals surface area contributed by atoms with E-state index in [1.165, 1.54) is 11.8 Å². The van der Waals surface area contributed by atoms with Gasteiger partial charge in [-0.05, 0) is 71.6 Å². The Balaban J connectivity index is 1.10. The van der Waals surface area contributed by atoms with Gasteiger partial charge in [0.15, 0.2) is 0 Å². The number of nitrogens with zero attached hydrogens (tertiary/aromatic N) is 6. The summed E-state index contributed by atoms with van der Waals surface area (Å²) in [6.45, 7) is 12.3. The maximum absolute atomic E-state index is 12.8. The Hall–Kier alpha value is -3.15. The maximum Gasteiger partial charge on any atom is 0.408 e. The molecule has 0 aromatic carbocycles. The van der Waals surface area contributed by atoms with Gasteiger partial charge in [-0.1, -0.05) is 29.4 Å². The zero-order valence-corrected chi connectivity index (χ0v) is 27.5. The summed E-state index contributed by atoms with van der Waals surface area (Å²) in [5, 5.41) is 14.8. The van der Waals surface area contributed by atoms with E-state index in [2.05, 4.69) is 31.2 Å². The van der Waals surface area contributed by atoms with Gasteiger partial charge in [-0.25, -0.2) is 19.7 Å². The topological polar surface area (TPSA) is 117 Å². The van der Waals surface area contributed by atoms with Gasteiger partial charge in [0.2, 0.25) is 0 Å². The summed E-state index contributed by atoms with van der Waals surface area (Å²) in [7, 11) is 0. The van der Waals surface area contributed by atoms with Gasteiger partial charge in [-0.2, -0.15) is 0 Å². The number of fused-ring (bicyclic) bond motifs is 1. The van der Waals surface area contributed by atoms with Crippen LogP contribution in [0, 0.1) is 11.3 Å². The molecule has 2 saturated heterocycles. The summed E-state index contributed by atoms with van der Waals surface area (Å²) < 4.78 is 5.62. The van der Waals surface area contributed by atoms with Crippen molar-refractivity contribution in [2.24, 2.45) is 11.3 Å². The molecule has 5 heterocycles. The summed E-state index contributed by atoms with van der Waals surface area (Å²) in [6.07, 6.45) is 9.37. The lowest BCUT2D eigenvalue weighted by atomic mass is 9.73. The highest BCUT2D eigenvalue weighted by Gasteiger charge is 2.49. The third kappa shape index (κ3) is 6.32. The van der Waals surface area contributed by atoms with Crippen molar-refractivity contribution in [1.82, 2.24) is 25.3 Å². The van der Waals surface area contributed by atoms with Crippen molar-refractivity contribution >= 4 is 41.1 Å². The van der Waals surface area contributed by atoms with E-state index in [1.807, 2.05) is 59.1 Å². The first kappa shape index (κ1) is 30.9. The quantitative estimate of drug-likeness (QED) is 0.349. The van der Waals surface area contributed by atoms with E-state index in [0.717, 1.165) is 78.3 Å². The van der Waals surface area contributed by atoms with Gasteiger partial charge < -0.3 is 25.0 Å². The van der Waals surface area contributed by atoms with Gasteiger partial charge in [-0.15, -0.1) is 0 Å². The highest BCUT2D eigenvalue weighted by molar-refractivity contribution is 7.99. The first-order valence-corrected chi connectivity index (χ1v) is 16.3. The average molecular weight is 638 g/mol. The number of piperidine rings is 1. The largest absolute Gasteiger partial charge is 0.444 e. The highest BCUT2D eigenvalue weighted by Crippen LogP contribution is 2.52. The van der Waals surface area contributed by atoms with Crippen molar-refractivity contribution in [3.05, 3.63) is 59.3 Å². The molecule has 2 fully saturated rings. The lowest BCUT2D eigenvalue weighted by molar-refractivity contribution is 0.00437. The highest BCUT2D eigenvalue weighted by atomic mass is 35.5. The van der Waals surface area contributed by atoms with Crippen LogP contribution >= 0.6 is 23.4 Å². The van der Waals surface area contributed by atoms with Crippen LogP contribution in [0.3, 0.4) is 0 Å². The number of halogens is 1. The van der Waals surface area contributed by atoms with Crippen molar-refractivity contribution in [3.8, 4) is 0 Å². The molecule has 12 heteroatoms. The van der Waals surface area contributed by atoms with E-state index in [1.54, 1.807) is 12.4 Å². The predicted octanol–water partition coefficient (Wildman–Crippen LogP) is 5.69. The minimum absolute atomic E-state index is 0.132. The van der Waals surface area contributed by atoms with E-state index < -0.39 is 17.3 Å². The molecule has 2 N–H and O–H groups in total. The van der Waals surface area contributed by atoms with Crippen molar-refractivity contribution in [3.63, 3.8) is 0 Å². The molecule has 0 radical (unpaired) electrons. The molecule has 3 aromatic heterocycles. The van der Waals surface area contributed by atoms with Gasteiger partial charge in [-0.3, -0.25) is 4.98 Å². The smallest absolute Gasteiger partial charge is 0.408 e. The van der Waals surface area contributed by atoms with E-state index in [4.69, 9.17) is 26.3 Å². The van der Waals surface area contributed by atoms with E-state index in [9.17, 15) is 9.90 Å². The minimum atomic E-state index is -0.723. The van der Waals surface area contributed by atoms with Crippen LogP contribution in [0.4, 0.5) is 16.4 Å². The summed E-state index contributed by atoms with van der Waals surface area (Å²) >= 11 is 8.23. The molecule has 234 valence electrons. The number of nitrogens with one attached hydrogen (secondary N) is 1. The number of hydrogen-bond acceptors (Lipinski definition) is 10. The monoisotopic (exact) mass is 637 g/mol. The number of amides is 1. The zero-order chi connectivity index (χ0) is 31.3. The second kappa shape index (κ2) is 11.7. The number of pyridine rings is 2. The second-order valence-electron chi connectivity index (χ2n) is 13.7. The van der Waals surface area contributed by atoms with Gasteiger partial charge in [0, 0.05) is 60.5 Å². The molecule has 0 bridgehead atoms.